The lowest BCUT2D eigenvalue weighted by molar-refractivity contribution is -0.117. The summed E-state index contributed by atoms with van der Waals surface area (Å²) in [5.74, 6) is 1.26. The smallest absolute Gasteiger partial charge is 0.251 e. The fourth-order valence-corrected chi connectivity index (χ4v) is 3.69. The maximum atomic E-state index is 12.6. The van der Waals surface area contributed by atoms with Gasteiger partial charge in [0.2, 0.25) is 5.91 Å². The average Bonchev–Trinajstić information content (AvgIpc) is 3.23. The van der Waals surface area contributed by atoms with Crippen molar-refractivity contribution in [2.75, 3.05) is 25.7 Å². The summed E-state index contributed by atoms with van der Waals surface area (Å²) in [7, 11) is 3.17. The summed E-state index contributed by atoms with van der Waals surface area (Å²) in [6, 6.07) is 9.29. The molecule has 0 aromatic heterocycles. The van der Waals surface area contributed by atoms with E-state index in [0.29, 0.717) is 30.0 Å². The van der Waals surface area contributed by atoms with Crippen LogP contribution in [0.3, 0.4) is 0 Å². The van der Waals surface area contributed by atoms with Crippen LogP contribution in [-0.2, 0) is 24.2 Å². The molecular weight excluding hydrogens is 332 g/mol. The number of ether oxygens (including phenoxy) is 2. The van der Waals surface area contributed by atoms with Crippen LogP contribution in [0.5, 0.6) is 11.5 Å². The number of hydrogen-bond acceptors (Lipinski definition) is 4. The summed E-state index contributed by atoms with van der Waals surface area (Å²) >= 11 is 0. The number of benzene rings is 2. The number of anilines is 1. The molecule has 26 heavy (non-hydrogen) atoms. The first kappa shape index (κ1) is 16.4. The minimum atomic E-state index is -0.142. The molecule has 0 aliphatic carbocycles. The van der Waals surface area contributed by atoms with E-state index in [-0.39, 0.29) is 11.8 Å². The number of nitrogens with zero attached hydrogens (tertiary/aromatic N) is 1. The highest BCUT2D eigenvalue weighted by molar-refractivity contribution is 6.05. The molecule has 0 saturated carbocycles. The van der Waals surface area contributed by atoms with Crippen LogP contribution in [-0.4, -0.2) is 32.6 Å². The van der Waals surface area contributed by atoms with Crippen molar-refractivity contribution in [2.45, 2.75) is 19.4 Å². The second-order valence-corrected chi connectivity index (χ2v) is 6.49. The molecule has 2 aliphatic heterocycles. The highest BCUT2D eigenvalue weighted by atomic mass is 16.5. The van der Waals surface area contributed by atoms with Crippen molar-refractivity contribution in [3.05, 3.63) is 52.6 Å². The molecule has 0 fully saturated rings. The molecule has 0 bridgehead atoms. The third kappa shape index (κ3) is 2.67. The second-order valence-electron chi connectivity index (χ2n) is 6.49. The number of carbonyl (C=O) groups excluding carboxylic acids is 2. The van der Waals surface area contributed by atoms with E-state index in [4.69, 9.17) is 9.47 Å². The molecule has 134 valence electrons. The lowest BCUT2D eigenvalue weighted by atomic mass is 10.0. The van der Waals surface area contributed by atoms with Gasteiger partial charge >= 0.3 is 0 Å². The van der Waals surface area contributed by atoms with Crippen LogP contribution in [0.4, 0.5) is 5.69 Å². The Hall–Kier alpha value is -3.02. The van der Waals surface area contributed by atoms with Gasteiger partial charge < -0.3 is 19.7 Å². The Morgan fingerprint density at radius 3 is 2.65 bits per heavy atom. The van der Waals surface area contributed by atoms with Gasteiger partial charge in [0.15, 0.2) is 11.5 Å². The van der Waals surface area contributed by atoms with E-state index < -0.39 is 0 Å². The zero-order valence-corrected chi connectivity index (χ0v) is 14.8. The number of rotatable bonds is 5. The van der Waals surface area contributed by atoms with Gasteiger partial charge in [-0.2, -0.15) is 0 Å². The van der Waals surface area contributed by atoms with Crippen molar-refractivity contribution in [3.8, 4) is 11.5 Å². The molecule has 2 aromatic carbocycles. The van der Waals surface area contributed by atoms with Gasteiger partial charge in [-0.1, -0.05) is 6.07 Å². The first-order valence-corrected chi connectivity index (χ1v) is 8.56. The standard InChI is InChI=1S/C20H20N2O4/c1-25-16-4-3-12(7-17(16)26-2)11-21-20(24)15-8-13-5-6-22-18(23)10-14(9-15)19(13)22/h3-4,7-9H,5-6,10-11H2,1-2H3,(H,21,24). The SMILES string of the molecule is COc1ccc(CNC(=O)c2cc3c4c(c2)CC(=O)N4CC3)cc1OC. The fourth-order valence-electron chi connectivity index (χ4n) is 3.69. The summed E-state index contributed by atoms with van der Waals surface area (Å²) in [6.45, 7) is 1.11. The first-order chi connectivity index (χ1) is 12.6. The summed E-state index contributed by atoms with van der Waals surface area (Å²) < 4.78 is 10.5. The van der Waals surface area contributed by atoms with Gasteiger partial charge in [-0.3, -0.25) is 9.59 Å². The lowest BCUT2D eigenvalue weighted by Gasteiger charge is -2.12. The molecule has 0 radical (unpaired) electrons. The monoisotopic (exact) mass is 352 g/mol. The highest BCUT2D eigenvalue weighted by Crippen LogP contribution is 2.38. The fraction of sp³-hybridized carbons (Fsp3) is 0.300. The predicted octanol–water partition coefficient (Wildman–Crippen LogP) is 2.08. The average molecular weight is 352 g/mol. The molecule has 2 amide bonds. The molecule has 0 saturated heterocycles. The molecular formula is C20H20N2O4. The van der Waals surface area contributed by atoms with E-state index in [9.17, 15) is 9.59 Å². The molecule has 4 rings (SSSR count). The molecule has 2 aromatic rings. The Bertz CT molecular complexity index is 907. The Kier molecular flexibility index (Phi) is 4.03. The van der Waals surface area contributed by atoms with Crippen LogP contribution in [0.15, 0.2) is 30.3 Å². The predicted molar refractivity (Wildman–Crippen MR) is 96.9 cm³/mol. The van der Waals surface area contributed by atoms with E-state index in [1.54, 1.807) is 14.2 Å². The van der Waals surface area contributed by atoms with E-state index >= 15 is 0 Å². The second kappa shape index (κ2) is 6.37. The number of methoxy groups -OCH3 is 2. The number of nitrogens with one attached hydrogen (secondary N) is 1. The van der Waals surface area contributed by atoms with Crippen LogP contribution in [0.2, 0.25) is 0 Å². The zero-order valence-electron chi connectivity index (χ0n) is 14.8. The summed E-state index contributed by atoms with van der Waals surface area (Å²) in [6.07, 6.45) is 1.20. The third-order valence-electron chi connectivity index (χ3n) is 4.95. The highest BCUT2D eigenvalue weighted by Gasteiger charge is 2.34. The van der Waals surface area contributed by atoms with Crippen LogP contribution in [0, 0.1) is 0 Å². The zero-order chi connectivity index (χ0) is 18.3. The van der Waals surface area contributed by atoms with Crippen molar-refractivity contribution in [1.82, 2.24) is 5.32 Å². The van der Waals surface area contributed by atoms with Gasteiger partial charge in [0.25, 0.3) is 5.91 Å². The Balaban J connectivity index is 1.50. The van der Waals surface area contributed by atoms with Crippen molar-refractivity contribution in [1.29, 1.82) is 0 Å². The van der Waals surface area contributed by atoms with Crippen molar-refractivity contribution >= 4 is 17.5 Å². The maximum absolute atomic E-state index is 12.6. The van der Waals surface area contributed by atoms with Gasteiger partial charge in [-0.05, 0) is 47.4 Å². The minimum Gasteiger partial charge on any atom is -0.493 e. The Morgan fingerprint density at radius 2 is 1.88 bits per heavy atom. The van der Waals surface area contributed by atoms with Gasteiger partial charge in [0, 0.05) is 18.7 Å². The molecule has 6 nitrogen and oxygen atoms in total. The Labute approximate surface area is 151 Å². The number of hydrogen-bond donors (Lipinski definition) is 1. The largest absolute Gasteiger partial charge is 0.493 e. The van der Waals surface area contributed by atoms with Crippen LogP contribution in [0.25, 0.3) is 0 Å². The van der Waals surface area contributed by atoms with Crippen molar-refractivity contribution < 1.29 is 19.1 Å². The van der Waals surface area contributed by atoms with E-state index in [1.807, 2.05) is 35.2 Å². The van der Waals surface area contributed by atoms with E-state index in [1.165, 1.54) is 0 Å². The quantitative estimate of drug-likeness (QED) is 0.895. The summed E-state index contributed by atoms with van der Waals surface area (Å²) in [4.78, 5) is 26.4. The van der Waals surface area contributed by atoms with Crippen molar-refractivity contribution in [3.63, 3.8) is 0 Å². The van der Waals surface area contributed by atoms with Gasteiger partial charge in [-0.15, -0.1) is 0 Å². The van der Waals surface area contributed by atoms with Gasteiger partial charge in [0.05, 0.1) is 26.3 Å². The number of carbonyl (C=O) groups is 2. The van der Waals surface area contributed by atoms with Gasteiger partial charge in [0.1, 0.15) is 0 Å². The molecule has 0 spiro atoms. The first-order valence-electron chi connectivity index (χ1n) is 8.56. The summed E-state index contributed by atoms with van der Waals surface area (Å²) in [5, 5.41) is 2.94. The topological polar surface area (TPSA) is 67.9 Å². The van der Waals surface area contributed by atoms with E-state index in [2.05, 4.69) is 5.32 Å². The van der Waals surface area contributed by atoms with Crippen molar-refractivity contribution in [2.24, 2.45) is 0 Å². The van der Waals surface area contributed by atoms with E-state index in [0.717, 1.165) is 35.3 Å². The number of amides is 2. The lowest BCUT2D eigenvalue weighted by Crippen LogP contribution is -2.24. The molecule has 2 heterocycles. The molecule has 1 N–H and O–H groups in total. The molecule has 2 aliphatic rings. The molecule has 0 atom stereocenters. The third-order valence-corrected chi connectivity index (χ3v) is 4.95. The molecule has 0 unspecified atom stereocenters. The normalized spacial score (nSPS) is 14.4. The maximum Gasteiger partial charge on any atom is 0.251 e. The minimum absolute atomic E-state index is 0.127. The van der Waals surface area contributed by atoms with Crippen LogP contribution < -0.4 is 19.7 Å². The summed E-state index contributed by atoms with van der Waals surface area (Å²) in [5.41, 5.74) is 4.59. The van der Waals surface area contributed by atoms with Crippen LogP contribution in [0.1, 0.15) is 27.0 Å². The molecule has 6 heteroatoms. The van der Waals surface area contributed by atoms with Gasteiger partial charge in [-0.25, -0.2) is 0 Å². The van der Waals surface area contributed by atoms with Crippen LogP contribution >= 0.6 is 0 Å². The Morgan fingerprint density at radius 1 is 1.12 bits per heavy atom.